The smallest absolute Gasteiger partial charge is 0.262 e. The van der Waals surface area contributed by atoms with E-state index in [-0.39, 0.29) is 42.0 Å². The molecule has 0 radical (unpaired) electrons. The lowest BCUT2D eigenvalue weighted by molar-refractivity contribution is -0.118. The summed E-state index contributed by atoms with van der Waals surface area (Å²) in [6.45, 7) is 1.97. The van der Waals surface area contributed by atoms with Crippen molar-refractivity contribution in [3.8, 4) is 5.75 Å². The average molecular weight is 413 g/mol. The summed E-state index contributed by atoms with van der Waals surface area (Å²) in [7, 11) is 0. The number of rotatable bonds is 4. The van der Waals surface area contributed by atoms with Gasteiger partial charge in [0.25, 0.3) is 11.5 Å². The molecule has 0 atom stereocenters. The summed E-state index contributed by atoms with van der Waals surface area (Å²) in [4.78, 5) is 40.7. The predicted molar refractivity (Wildman–Crippen MR) is 110 cm³/mol. The summed E-state index contributed by atoms with van der Waals surface area (Å²) in [6.07, 6.45) is 1.51. The first-order chi connectivity index (χ1) is 13.9. The number of aryl methyl sites for hydroxylation is 2. The molecule has 1 aliphatic rings. The molecule has 0 bridgehead atoms. The van der Waals surface area contributed by atoms with Crippen molar-refractivity contribution in [3.63, 3.8) is 0 Å². The van der Waals surface area contributed by atoms with E-state index in [1.807, 2.05) is 13.0 Å². The molecule has 2 heterocycles. The molecule has 1 aliphatic heterocycles. The minimum absolute atomic E-state index is 0.0594. The lowest BCUT2D eigenvalue weighted by Crippen LogP contribution is -2.26. The number of amides is 2. The zero-order valence-electron chi connectivity index (χ0n) is 15.5. The Balaban J connectivity index is 1.47. The van der Waals surface area contributed by atoms with Gasteiger partial charge < -0.3 is 15.4 Å². The number of carbonyl (C=O) groups is 2. The predicted octanol–water partition coefficient (Wildman–Crippen LogP) is 2.72. The van der Waals surface area contributed by atoms with Crippen molar-refractivity contribution in [2.75, 3.05) is 17.2 Å². The van der Waals surface area contributed by atoms with Gasteiger partial charge >= 0.3 is 0 Å². The number of nitrogens with one attached hydrogen (secondary N) is 2. The highest BCUT2D eigenvalue weighted by atomic mass is 35.5. The third-order valence-electron chi connectivity index (χ3n) is 4.61. The van der Waals surface area contributed by atoms with E-state index < -0.39 is 0 Å². The van der Waals surface area contributed by atoms with Gasteiger partial charge in [-0.15, -0.1) is 0 Å². The minimum Gasteiger partial charge on any atom is -0.482 e. The first kappa shape index (κ1) is 18.9. The van der Waals surface area contributed by atoms with E-state index in [1.165, 1.54) is 17.0 Å². The van der Waals surface area contributed by atoms with Gasteiger partial charge in [-0.05, 0) is 24.6 Å². The van der Waals surface area contributed by atoms with Crippen LogP contribution in [0.15, 0.2) is 41.5 Å². The molecule has 0 unspecified atom stereocenters. The van der Waals surface area contributed by atoms with Crippen LogP contribution in [0.3, 0.4) is 0 Å². The summed E-state index contributed by atoms with van der Waals surface area (Å²) in [6, 6.07) is 8.50. The maximum absolute atomic E-state index is 12.6. The maximum atomic E-state index is 12.6. The highest BCUT2D eigenvalue weighted by Crippen LogP contribution is 2.36. The Morgan fingerprint density at radius 3 is 3.00 bits per heavy atom. The molecule has 0 aliphatic carbocycles. The third kappa shape index (κ3) is 3.79. The highest BCUT2D eigenvalue weighted by Gasteiger charge is 2.19. The van der Waals surface area contributed by atoms with Gasteiger partial charge in [0.05, 0.1) is 33.6 Å². The van der Waals surface area contributed by atoms with E-state index in [2.05, 4.69) is 15.6 Å². The Kier molecular flexibility index (Phi) is 4.94. The summed E-state index contributed by atoms with van der Waals surface area (Å²) < 4.78 is 6.74. The number of halogens is 1. The van der Waals surface area contributed by atoms with Gasteiger partial charge in [0.1, 0.15) is 5.75 Å². The van der Waals surface area contributed by atoms with Gasteiger partial charge in [0.15, 0.2) is 6.61 Å². The van der Waals surface area contributed by atoms with Crippen molar-refractivity contribution in [2.24, 2.45) is 0 Å². The SMILES string of the molecule is Cc1cccc2c(=O)n(CCC(=O)Nc3cc4c(cc3Cl)NC(=O)CO4)cnc12. The molecular formula is C20H17ClN4O4. The molecule has 3 aromatic rings. The summed E-state index contributed by atoms with van der Waals surface area (Å²) >= 11 is 6.19. The number of ether oxygens (including phenoxy) is 1. The Morgan fingerprint density at radius 1 is 1.34 bits per heavy atom. The van der Waals surface area contributed by atoms with E-state index in [4.69, 9.17) is 16.3 Å². The molecule has 0 saturated carbocycles. The van der Waals surface area contributed by atoms with E-state index in [9.17, 15) is 14.4 Å². The van der Waals surface area contributed by atoms with E-state index in [0.29, 0.717) is 28.0 Å². The Bertz CT molecular complexity index is 1210. The maximum Gasteiger partial charge on any atom is 0.262 e. The number of fused-ring (bicyclic) bond motifs is 2. The fraction of sp³-hybridized carbons (Fsp3) is 0.200. The summed E-state index contributed by atoms with van der Waals surface area (Å²) in [5.74, 6) is -0.160. The lowest BCUT2D eigenvalue weighted by atomic mass is 10.1. The third-order valence-corrected chi connectivity index (χ3v) is 4.92. The van der Waals surface area contributed by atoms with Gasteiger partial charge in [-0.2, -0.15) is 0 Å². The van der Waals surface area contributed by atoms with E-state index in [1.54, 1.807) is 18.2 Å². The fourth-order valence-corrected chi connectivity index (χ4v) is 3.34. The summed E-state index contributed by atoms with van der Waals surface area (Å²) in [5.41, 5.74) is 2.21. The molecule has 29 heavy (non-hydrogen) atoms. The van der Waals surface area contributed by atoms with Crippen molar-refractivity contribution in [1.29, 1.82) is 0 Å². The van der Waals surface area contributed by atoms with Gasteiger partial charge in [-0.1, -0.05) is 23.7 Å². The number of hydrogen-bond acceptors (Lipinski definition) is 5. The van der Waals surface area contributed by atoms with Crippen LogP contribution in [0.4, 0.5) is 11.4 Å². The Labute approximate surface area is 170 Å². The quantitative estimate of drug-likeness (QED) is 0.686. The van der Waals surface area contributed by atoms with Crippen LogP contribution in [0.25, 0.3) is 10.9 Å². The zero-order valence-corrected chi connectivity index (χ0v) is 16.2. The van der Waals surface area contributed by atoms with Crippen molar-refractivity contribution in [2.45, 2.75) is 19.9 Å². The number of anilines is 2. The van der Waals surface area contributed by atoms with Crippen molar-refractivity contribution in [1.82, 2.24) is 9.55 Å². The van der Waals surface area contributed by atoms with Crippen LogP contribution in [-0.4, -0.2) is 28.0 Å². The standard InChI is InChI=1S/C20H17ClN4O4/c1-11-3-2-4-12-19(11)22-10-25(20(12)28)6-5-17(26)23-14-8-16-15(7-13(14)21)24-18(27)9-29-16/h2-4,7-8,10H,5-6,9H2,1H3,(H,23,26)(H,24,27). The Hall–Kier alpha value is -3.39. The van der Waals surface area contributed by atoms with Crippen molar-refractivity contribution >= 4 is 45.7 Å². The lowest BCUT2D eigenvalue weighted by Gasteiger charge is -2.19. The number of aromatic nitrogens is 2. The van der Waals surface area contributed by atoms with Crippen LogP contribution in [0.5, 0.6) is 5.75 Å². The molecule has 2 N–H and O–H groups in total. The first-order valence-electron chi connectivity index (χ1n) is 8.93. The number of nitrogens with zero attached hydrogens (tertiary/aromatic N) is 2. The second kappa shape index (κ2) is 7.56. The van der Waals surface area contributed by atoms with Crippen LogP contribution >= 0.6 is 11.6 Å². The van der Waals surface area contributed by atoms with Gasteiger partial charge in [-0.3, -0.25) is 19.0 Å². The van der Waals surface area contributed by atoms with Gasteiger partial charge in [-0.25, -0.2) is 4.98 Å². The van der Waals surface area contributed by atoms with Crippen LogP contribution < -0.4 is 20.9 Å². The van der Waals surface area contributed by atoms with Gasteiger partial charge in [0.2, 0.25) is 5.91 Å². The first-order valence-corrected chi connectivity index (χ1v) is 9.31. The monoisotopic (exact) mass is 412 g/mol. The zero-order chi connectivity index (χ0) is 20.5. The second-order valence-corrected chi connectivity index (χ2v) is 7.08. The Morgan fingerprint density at radius 2 is 2.17 bits per heavy atom. The molecule has 148 valence electrons. The van der Waals surface area contributed by atoms with Crippen LogP contribution in [0, 0.1) is 6.92 Å². The summed E-state index contributed by atoms with van der Waals surface area (Å²) in [5, 5.41) is 6.14. The normalized spacial score (nSPS) is 12.8. The highest BCUT2D eigenvalue weighted by molar-refractivity contribution is 6.34. The molecule has 0 saturated heterocycles. The molecule has 4 rings (SSSR count). The van der Waals surface area contributed by atoms with E-state index in [0.717, 1.165) is 5.56 Å². The second-order valence-electron chi connectivity index (χ2n) is 6.68. The molecule has 0 fully saturated rings. The molecule has 8 nitrogen and oxygen atoms in total. The molecule has 2 amide bonds. The number of benzene rings is 2. The van der Waals surface area contributed by atoms with Crippen LogP contribution in [0.1, 0.15) is 12.0 Å². The molecular weight excluding hydrogens is 396 g/mol. The average Bonchev–Trinajstić information content (AvgIpc) is 2.69. The molecule has 1 aromatic heterocycles. The molecule has 0 spiro atoms. The van der Waals surface area contributed by atoms with E-state index >= 15 is 0 Å². The van der Waals surface area contributed by atoms with Crippen molar-refractivity contribution < 1.29 is 14.3 Å². The topological polar surface area (TPSA) is 102 Å². The fourth-order valence-electron chi connectivity index (χ4n) is 3.13. The largest absolute Gasteiger partial charge is 0.482 e. The van der Waals surface area contributed by atoms with Crippen molar-refractivity contribution in [3.05, 3.63) is 57.6 Å². The number of carbonyl (C=O) groups excluding carboxylic acids is 2. The van der Waals surface area contributed by atoms with Gasteiger partial charge in [0, 0.05) is 19.0 Å². The molecule has 2 aromatic carbocycles. The number of para-hydroxylation sites is 1. The number of hydrogen-bond donors (Lipinski definition) is 2. The van der Waals surface area contributed by atoms with Crippen LogP contribution in [0.2, 0.25) is 5.02 Å². The van der Waals surface area contributed by atoms with Crippen LogP contribution in [-0.2, 0) is 16.1 Å². The minimum atomic E-state index is -0.317. The molecule has 9 heteroatoms.